The van der Waals surface area contributed by atoms with Gasteiger partial charge in [-0.05, 0) is 47.8 Å². The molecule has 1 fully saturated rings. The Balaban J connectivity index is 0.00000242. The maximum Gasteiger partial charge on any atom is 0.253 e. The van der Waals surface area contributed by atoms with Crippen molar-refractivity contribution < 1.29 is 14.3 Å². The van der Waals surface area contributed by atoms with Gasteiger partial charge in [-0.2, -0.15) is 0 Å². The molecular formula is C14H19BrCl2N2O3. The largest absolute Gasteiger partial charge is 0.491 e. The normalized spacial score (nSPS) is 20.4. The van der Waals surface area contributed by atoms with Crippen LogP contribution in [0, 0.1) is 0 Å². The molecule has 1 heterocycles. The fraction of sp³-hybridized carbons (Fsp3) is 0.500. The third-order valence-electron chi connectivity index (χ3n) is 3.22. The summed E-state index contributed by atoms with van der Waals surface area (Å²) < 4.78 is 11.8. The van der Waals surface area contributed by atoms with Crippen molar-refractivity contribution in [2.45, 2.75) is 32.0 Å². The number of benzene rings is 1. The molecule has 1 saturated heterocycles. The van der Waals surface area contributed by atoms with E-state index in [-0.39, 0.29) is 24.4 Å². The van der Waals surface area contributed by atoms with Gasteiger partial charge in [-0.1, -0.05) is 11.6 Å². The first-order valence-corrected chi connectivity index (χ1v) is 8.00. The summed E-state index contributed by atoms with van der Waals surface area (Å²) in [5, 5.41) is 3.33. The molecule has 3 N–H and O–H groups in total. The van der Waals surface area contributed by atoms with Crippen LogP contribution in [0.15, 0.2) is 16.6 Å². The SMILES string of the molecule is CCOc1c(Br)cc(Cl)cc1NC(=O)[C@@H]1CC[C@H](CN)O1.Cl. The highest BCUT2D eigenvalue weighted by Crippen LogP contribution is 2.37. The van der Waals surface area contributed by atoms with Gasteiger partial charge in [0.1, 0.15) is 6.10 Å². The summed E-state index contributed by atoms with van der Waals surface area (Å²) in [6.45, 7) is 2.79. The summed E-state index contributed by atoms with van der Waals surface area (Å²) in [6, 6.07) is 3.38. The van der Waals surface area contributed by atoms with Crippen LogP contribution in [0.3, 0.4) is 0 Å². The molecule has 2 rings (SSSR count). The molecule has 8 heteroatoms. The Hall–Kier alpha value is -0.530. The molecule has 1 aromatic carbocycles. The Bertz CT molecular complexity index is 531. The van der Waals surface area contributed by atoms with Gasteiger partial charge in [0.2, 0.25) is 0 Å². The lowest BCUT2D eigenvalue weighted by atomic mass is 10.2. The highest BCUT2D eigenvalue weighted by Gasteiger charge is 2.30. The Kier molecular flexibility index (Phi) is 7.93. The number of nitrogens with two attached hydrogens (primary N) is 1. The number of carbonyl (C=O) groups excluding carboxylic acids is 1. The first-order valence-electron chi connectivity index (χ1n) is 6.83. The van der Waals surface area contributed by atoms with E-state index in [2.05, 4.69) is 21.2 Å². The molecule has 2 atom stereocenters. The van der Waals surface area contributed by atoms with Crippen LogP contribution >= 0.6 is 39.9 Å². The third kappa shape index (κ3) is 4.73. The van der Waals surface area contributed by atoms with Crippen molar-refractivity contribution in [1.82, 2.24) is 0 Å². The average molecular weight is 414 g/mol. The van der Waals surface area contributed by atoms with E-state index in [9.17, 15) is 4.79 Å². The zero-order valence-electron chi connectivity index (χ0n) is 12.1. The number of halogens is 3. The summed E-state index contributed by atoms with van der Waals surface area (Å²) in [7, 11) is 0. The number of ether oxygens (including phenoxy) is 2. The van der Waals surface area contributed by atoms with E-state index in [0.717, 1.165) is 6.42 Å². The van der Waals surface area contributed by atoms with Gasteiger partial charge in [-0.15, -0.1) is 12.4 Å². The molecule has 1 aliphatic heterocycles. The van der Waals surface area contributed by atoms with E-state index in [1.54, 1.807) is 12.1 Å². The molecule has 1 aliphatic rings. The first-order chi connectivity index (χ1) is 10.0. The fourth-order valence-corrected chi connectivity index (χ4v) is 3.15. The van der Waals surface area contributed by atoms with Crippen molar-refractivity contribution in [3.63, 3.8) is 0 Å². The van der Waals surface area contributed by atoms with Crippen LogP contribution < -0.4 is 15.8 Å². The molecule has 0 spiro atoms. The smallest absolute Gasteiger partial charge is 0.253 e. The van der Waals surface area contributed by atoms with Crippen LogP contribution in [0.5, 0.6) is 5.75 Å². The summed E-state index contributed by atoms with van der Waals surface area (Å²) in [5.74, 6) is 0.352. The molecule has 0 aromatic heterocycles. The average Bonchev–Trinajstić information content (AvgIpc) is 2.91. The maximum atomic E-state index is 12.3. The summed E-state index contributed by atoms with van der Waals surface area (Å²) in [4.78, 5) is 12.3. The van der Waals surface area contributed by atoms with Crippen molar-refractivity contribution in [3.8, 4) is 5.75 Å². The predicted molar refractivity (Wildman–Crippen MR) is 93.1 cm³/mol. The van der Waals surface area contributed by atoms with Gasteiger partial charge in [-0.25, -0.2) is 0 Å². The molecule has 124 valence electrons. The van der Waals surface area contributed by atoms with Crippen LogP contribution in [0.25, 0.3) is 0 Å². The minimum atomic E-state index is -0.481. The van der Waals surface area contributed by atoms with E-state index >= 15 is 0 Å². The highest BCUT2D eigenvalue weighted by atomic mass is 79.9. The Morgan fingerprint density at radius 3 is 2.86 bits per heavy atom. The van der Waals surface area contributed by atoms with Gasteiger partial charge < -0.3 is 20.5 Å². The summed E-state index contributed by atoms with van der Waals surface area (Å²) >= 11 is 9.41. The van der Waals surface area contributed by atoms with Crippen molar-refractivity contribution in [1.29, 1.82) is 0 Å². The van der Waals surface area contributed by atoms with Crippen molar-refractivity contribution in [2.24, 2.45) is 5.73 Å². The molecule has 0 unspecified atom stereocenters. The quantitative estimate of drug-likeness (QED) is 0.775. The molecule has 0 bridgehead atoms. The van der Waals surface area contributed by atoms with E-state index in [0.29, 0.717) is 40.5 Å². The lowest BCUT2D eigenvalue weighted by molar-refractivity contribution is -0.126. The number of nitrogens with one attached hydrogen (secondary N) is 1. The van der Waals surface area contributed by atoms with Gasteiger partial charge >= 0.3 is 0 Å². The molecule has 1 aromatic rings. The van der Waals surface area contributed by atoms with E-state index in [4.69, 9.17) is 26.8 Å². The zero-order valence-corrected chi connectivity index (χ0v) is 15.3. The number of anilines is 1. The molecule has 0 radical (unpaired) electrons. The van der Waals surface area contributed by atoms with Gasteiger partial charge in [0.15, 0.2) is 5.75 Å². The number of carbonyl (C=O) groups is 1. The van der Waals surface area contributed by atoms with Crippen molar-refractivity contribution in [2.75, 3.05) is 18.5 Å². The molecule has 5 nitrogen and oxygen atoms in total. The van der Waals surface area contributed by atoms with E-state index in [1.807, 2.05) is 6.92 Å². The second kappa shape index (κ2) is 8.93. The van der Waals surface area contributed by atoms with Crippen molar-refractivity contribution >= 4 is 51.5 Å². The van der Waals surface area contributed by atoms with Crippen LogP contribution in [-0.2, 0) is 9.53 Å². The lowest BCUT2D eigenvalue weighted by Crippen LogP contribution is -2.30. The second-order valence-corrected chi connectivity index (χ2v) is 6.04. The first kappa shape index (κ1) is 19.5. The maximum absolute atomic E-state index is 12.3. The van der Waals surface area contributed by atoms with E-state index < -0.39 is 6.10 Å². The van der Waals surface area contributed by atoms with E-state index in [1.165, 1.54) is 0 Å². The van der Waals surface area contributed by atoms with Crippen LogP contribution in [0.1, 0.15) is 19.8 Å². The van der Waals surface area contributed by atoms with Gasteiger partial charge in [0, 0.05) is 11.6 Å². The lowest BCUT2D eigenvalue weighted by Gasteiger charge is -2.16. The number of rotatable bonds is 5. The summed E-state index contributed by atoms with van der Waals surface area (Å²) in [5.41, 5.74) is 6.08. The number of hydrogen-bond donors (Lipinski definition) is 2. The minimum absolute atomic E-state index is 0. The topological polar surface area (TPSA) is 73.6 Å². The standard InChI is InChI=1S/C14H18BrClN2O3.ClH/c1-2-20-13-10(15)5-8(16)6-11(13)18-14(19)12-4-3-9(7-17)21-12;/h5-6,9,12H,2-4,7,17H2,1H3,(H,18,19);1H/t9-,12+;/m1./s1. The number of amides is 1. The predicted octanol–water partition coefficient (Wildman–Crippen LogP) is 3.37. The Labute approximate surface area is 149 Å². The van der Waals surface area contributed by atoms with Crippen LogP contribution in [0.2, 0.25) is 5.02 Å². The zero-order chi connectivity index (χ0) is 15.4. The molecule has 1 amide bonds. The Morgan fingerprint density at radius 2 is 2.27 bits per heavy atom. The molecular weight excluding hydrogens is 395 g/mol. The fourth-order valence-electron chi connectivity index (χ4n) is 2.23. The third-order valence-corrected chi connectivity index (χ3v) is 4.03. The monoisotopic (exact) mass is 412 g/mol. The number of hydrogen-bond acceptors (Lipinski definition) is 4. The van der Waals surface area contributed by atoms with Crippen LogP contribution in [-0.4, -0.2) is 31.3 Å². The highest BCUT2D eigenvalue weighted by molar-refractivity contribution is 9.10. The minimum Gasteiger partial charge on any atom is -0.491 e. The van der Waals surface area contributed by atoms with Gasteiger partial charge in [0.25, 0.3) is 5.91 Å². The van der Waals surface area contributed by atoms with Gasteiger partial charge in [-0.3, -0.25) is 4.79 Å². The second-order valence-electron chi connectivity index (χ2n) is 4.75. The summed E-state index contributed by atoms with van der Waals surface area (Å²) in [6.07, 6.45) is 0.940. The Morgan fingerprint density at radius 1 is 1.55 bits per heavy atom. The van der Waals surface area contributed by atoms with Crippen LogP contribution in [0.4, 0.5) is 5.69 Å². The van der Waals surface area contributed by atoms with Gasteiger partial charge in [0.05, 0.1) is 22.9 Å². The van der Waals surface area contributed by atoms with Crippen molar-refractivity contribution in [3.05, 3.63) is 21.6 Å². The molecule has 0 saturated carbocycles. The molecule has 0 aliphatic carbocycles. The molecule has 22 heavy (non-hydrogen) atoms.